The van der Waals surface area contributed by atoms with Gasteiger partial charge in [0.15, 0.2) is 5.69 Å². The van der Waals surface area contributed by atoms with Crippen LogP contribution in [0.4, 0.5) is 4.39 Å². The van der Waals surface area contributed by atoms with Crippen LogP contribution in [-0.2, 0) is 22.4 Å². The van der Waals surface area contributed by atoms with Crippen molar-refractivity contribution in [2.75, 3.05) is 13.2 Å². The van der Waals surface area contributed by atoms with Gasteiger partial charge in [0.25, 0.3) is 5.91 Å². The Balaban J connectivity index is 1.68. The fourth-order valence-corrected chi connectivity index (χ4v) is 3.92. The average molecular weight is 373 g/mol. The third-order valence-electron chi connectivity index (χ3n) is 5.20. The number of amides is 1. The molecule has 1 aromatic heterocycles. The van der Waals surface area contributed by atoms with E-state index < -0.39 is 23.2 Å². The first-order valence-corrected chi connectivity index (χ1v) is 8.97. The summed E-state index contributed by atoms with van der Waals surface area (Å²) in [5.74, 6) is -1.84. The molecule has 1 aliphatic heterocycles. The largest absolute Gasteiger partial charge is 0.481 e. The number of fused-ring (bicyclic) bond motifs is 1. The number of para-hydroxylation sites is 1. The number of ether oxygens (including phenoxy) is 1. The molecule has 0 saturated carbocycles. The van der Waals surface area contributed by atoms with Gasteiger partial charge in [-0.05, 0) is 37.8 Å². The number of carbonyl (C=O) groups excluding carboxylic acids is 1. The van der Waals surface area contributed by atoms with Gasteiger partial charge in [0.1, 0.15) is 11.5 Å². The summed E-state index contributed by atoms with van der Waals surface area (Å²) < 4.78 is 21.1. The van der Waals surface area contributed by atoms with Gasteiger partial charge in [-0.15, -0.1) is 0 Å². The topological polar surface area (TPSA) is 93.5 Å². The number of aliphatic carboxylic acids is 1. The van der Waals surface area contributed by atoms with Crippen molar-refractivity contribution in [3.8, 4) is 5.69 Å². The van der Waals surface area contributed by atoms with Crippen molar-refractivity contribution in [1.82, 2.24) is 15.1 Å². The number of hydrogen-bond acceptors (Lipinski definition) is 4. The highest BCUT2D eigenvalue weighted by molar-refractivity contribution is 5.95. The Morgan fingerprint density at radius 1 is 1.33 bits per heavy atom. The maximum absolute atomic E-state index is 14.2. The minimum atomic E-state index is -0.997. The van der Waals surface area contributed by atoms with Crippen molar-refractivity contribution in [3.63, 3.8) is 0 Å². The number of carboxylic acid groups (broad SMARTS) is 1. The molecule has 2 aromatic rings. The predicted octanol–water partition coefficient (Wildman–Crippen LogP) is 1.86. The first-order chi connectivity index (χ1) is 13.0. The van der Waals surface area contributed by atoms with Gasteiger partial charge in [-0.3, -0.25) is 9.59 Å². The molecule has 142 valence electrons. The van der Waals surface area contributed by atoms with Crippen LogP contribution in [0.3, 0.4) is 0 Å². The standard InChI is InChI=1S/C19H20FN3O4/c20-13-5-1-2-6-15(13)23-14-7-3-4-12(14)17(22-23)18(26)21-19(10-16(24)25)8-9-27-11-19/h1-2,5-6H,3-4,7-11H2,(H,21,26)(H,24,25). The van der Waals surface area contributed by atoms with E-state index in [0.717, 1.165) is 17.7 Å². The summed E-state index contributed by atoms with van der Waals surface area (Å²) in [5.41, 5.74) is 1.25. The molecular formula is C19H20FN3O4. The number of nitrogens with one attached hydrogen (secondary N) is 1. The quantitative estimate of drug-likeness (QED) is 0.835. The lowest BCUT2D eigenvalue weighted by Crippen LogP contribution is -2.50. The predicted molar refractivity (Wildman–Crippen MR) is 93.4 cm³/mol. The molecule has 1 unspecified atom stereocenters. The summed E-state index contributed by atoms with van der Waals surface area (Å²) in [5, 5.41) is 16.4. The van der Waals surface area contributed by atoms with E-state index in [-0.39, 0.29) is 18.7 Å². The number of carbonyl (C=O) groups is 2. The Bertz CT molecular complexity index is 902. The lowest BCUT2D eigenvalue weighted by molar-refractivity contribution is -0.138. The zero-order valence-electron chi connectivity index (χ0n) is 14.7. The van der Waals surface area contributed by atoms with Crippen LogP contribution in [0, 0.1) is 5.82 Å². The molecule has 2 heterocycles. The summed E-state index contributed by atoms with van der Waals surface area (Å²) in [6.07, 6.45) is 2.49. The van der Waals surface area contributed by atoms with E-state index in [1.54, 1.807) is 18.2 Å². The molecule has 0 spiro atoms. The van der Waals surface area contributed by atoms with E-state index in [1.165, 1.54) is 10.7 Å². The van der Waals surface area contributed by atoms with Crippen LogP contribution in [0.1, 0.15) is 41.0 Å². The van der Waals surface area contributed by atoms with E-state index in [4.69, 9.17) is 4.74 Å². The smallest absolute Gasteiger partial charge is 0.305 e. The second-order valence-electron chi connectivity index (χ2n) is 7.10. The van der Waals surface area contributed by atoms with Crippen molar-refractivity contribution in [2.45, 2.75) is 37.6 Å². The van der Waals surface area contributed by atoms with Crippen LogP contribution < -0.4 is 5.32 Å². The zero-order chi connectivity index (χ0) is 19.0. The Kier molecular flexibility index (Phi) is 4.43. The van der Waals surface area contributed by atoms with Crippen molar-refractivity contribution in [1.29, 1.82) is 0 Å². The second kappa shape index (κ2) is 6.77. The summed E-state index contributed by atoms with van der Waals surface area (Å²) in [6.45, 7) is 0.552. The van der Waals surface area contributed by atoms with Gasteiger partial charge in [-0.2, -0.15) is 5.10 Å². The lowest BCUT2D eigenvalue weighted by Gasteiger charge is -2.26. The van der Waals surface area contributed by atoms with Crippen molar-refractivity contribution in [3.05, 3.63) is 47.0 Å². The minimum Gasteiger partial charge on any atom is -0.481 e. The van der Waals surface area contributed by atoms with Crippen molar-refractivity contribution in [2.24, 2.45) is 0 Å². The molecule has 1 fully saturated rings. The molecule has 1 saturated heterocycles. The Labute approximate surface area is 155 Å². The fourth-order valence-electron chi connectivity index (χ4n) is 3.92. The van der Waals surface area contributed by atoms with Crippen LogP contribution in [0.2, 0.25) is 0 Å². The summed E-state index contributed by atoms with van der Waals surface area (Å²) in [4.78, 5) is 24.2. The molecule has 27 heavy (non-hydrogen) atoms. The minimum absolute atomic E-state index is 0.154. The van der Waals surface area contributed by atoms with E-state index in [1.807, 2.05) is 0 Å². The first-order valence-electron chi connectivity index (χ1n) is 8.97. The van der Waals surface area contributed by atoms with Gasteiger partial charge in [0.2, 0.25) is 0 Å². The Morgan fingerprint density at radius 2 is 2.15 bits per heavy atom. The number of halogens is 1. The number of benzene rings is 1. The van der Waals surface area contributed by atoms with Crippen LogP contribution in [-0.4, -0.2) is 45.5 Å². The third-order valence-corrected chi connectivity index (χ3v) is 5.20. The maximum atomic E-state index is 14.2. The average Bonchev–Trinajstić information content (AvgIpc) is 3.31. The number of nitrogens with zero attached hydrogens (tertiary/aromatic N) is 2. The fraction of sp³-hybridized carbons (Fsp3) is 0.421. The summed E-state index contributed by atoms with van der Waals surface area (Å²) in [7, 11) is 0. The monoisotopic (exact) mass is 373 g/mol. The van der Waals surface area contributed by atoms with E-state index >= 15 is 0 Å². The van der Waals surface area contributed by atoms with E-state index in [2.05, 4.69) is 10.4 Å². The molecule has 1 aliphatic carbocycles. The van der Waals surface area contributed by atoms with Gasteiger partial charge < -0.3 is 15.2 Å². The SMILES string of the molecule is O=C(O)CC1(NC(=O)c2nn(-c3ccccc3F)c3c2CCC3)CCOC1. The lowest BCUT2D eigenvalue weighted by atomic mass is 9.94. The highest BCUT2D eigenvalue weighted by Crippen LogP contribution is 2.30. The molecule has 8 heteroatoms. The molecule has 1 aromatic carbocycles. The zero-order valence-corrected chi connectivity index (χ0v) is 14.7. The molecule has 7 nitrogen and oxygen atoms in total. The molecule has 0 bridgehead atoms. The molecule has 1 atom stereocenters. The molecule has 1 amide bonds. The molecule has 2 aliphatic rings. The normalized spacial score (nSPS) is 21.2. The first kappa shape index (κ1) is 17.7. The Morgan fingerprint density at radius 3 is 2.85 bits per heavy atom. The second-order valence-corrected chi connectivity index (χ2v) is 7.10. The maximum Gasteiger partial charge on any atom is 0.305 e. The van der Waals surface area contributed by atoms with Gasteiger partial charge >= 0.3 is 5.97 Å². The van der Waals surface area contributed by atoms with Crippen LogP contribution in [0.15, 0.2) is 24.3 Å². The number of aromatic nitrogens is 2. The van der Waals surface area contributed by atoms with Gasteiger partial charge in [0, 0.05) is 17.9 Å². The van der Waals surface area contributed by atoms with Crippen LogP contribution in [0.5, 0.6) is 0 Å². The number of hydrogen-bond donors (Lipinski definition) is 2. The van der Waals surface area contributed by atoms with Gasteiger partial charge in [-0.1, -0.05) is 12.1 Å². The van der Waals surface area contributed by atoms with E-state index in [0.29, 0.717) is 31.6 Å². The highest BCUT2D eigenvalue weighted by Gasteiger charge is 2.40. The summed E-state index contributed by atoms with van der Waals surface area (Å²) in [6, 6.07) is 6.31. The Hall–Kier alpha value is -2.74. The summed E-state index contributed by atoms with van der Waals surface area (Å²) >= 11 is 0. The molecule has 2 N–H and O–H groups in total. The molecular weight excluding hydrogens is 353 g/mol. The highest BCUT2D eigenvalue weighted by atomic mass is 19.1. The van der Waals surface area contributed by atoms with Crippen molar-refractivity contribution >= 4 is 11.9 Å². The van der Waals surface area contributed by atoms with E-state index in [9.17, 15) is 19.1 Å². The van der Waals surface area contributed by atoms with Gasteiger partial charge in [-0.25, -0.2) is 9.07 Å². The van der Waals surface area contributed by atoms with Crippen LogP contribution >= 0.6 is 0 Å². The number of rotatable bonds is 5. The number of carboxylic acids is 1. The van der Waals surface area contributed by atoms with Crippen LogP contribution in [0.25, 0.3) is 5.69 Å². The van der Waals surface area contributed by atoms with Gasteiger partial charge in [0.05, 0.1) is 18.6 Å². The third kappa shape index (κ3) is 3.21. The molecule has 4 rings (SSSR count). The molecule has 0 radical (unpaired) electrons. The van der Waals surface area contributed by atoms with Crippen molar-refractivity contribution < 1.29 is 23.8 Å².